The molecule has 6 heteroatoms. The fourth-order valence-corrected chi connectivity index (χ4v) is 2.14. The van der Waals surface area contributed by atoms with Gasteiger partial charge in [0.25, 0.3) is 0 Å². The Labute approximate surface area is 124 Å². The van der Waals surface area contributed by atoms with Crippen LogP contribution in [0.15, 0.2) is 24.3 Å². The molecule has 0 atom stereocenters. The van der Waals surface area contributed by atoms with Gasteiger partial charge in [-0.2, -0.15) is 0 Å². The smallest absolute Gasteiger partial charge is 0.148 e. The van der Waals surface area contributed by atoms with Crippen molar-refractivity contribution in [1.29, 1.82) is 0 Å². The highest BCUT2D eigenvalue weighted by atomic mass is 19.1. The van der Waals surface area contributed by atoms with E-state index in [-0.39, 0.29) is 5.82 Å². The van der Waals surface area contributed by atoms with E-state index in [9.17, 15) is 4.39 Å². The van der Waals surface area contributed by atoms with Gasteiger partial charge in [0.1, 0.15) is 23.3 Å². The minimum atomic E-state index is -0.262. The lowest BCUT2D eigenvalue weighted by molar-refractivity contribution is 0.628. The Bertz CT molecular complexity index is 612. The number of nitrogen functional groups attached to an aromatic ring is 1. The second kappa shape index (κ2) is 6.49. The Morgan fingerprint density at radius 2 is 1.90 bits per heavy atom. The van der Waals surface area contributed by atoms with Crippen LogP contribution in [0, 0.1) is 12.7 Å². The van der Waals surface area contributed by atoms with E-state index in [1.54, 1.807) is 12.1 Å². The molecule has 0 bridgehead atoms. The molecule has 0 spiro atoms. The summed E-state index contributed by atoms with van der Waals surface area (Å²) >= 11 is 0. The number of aromatic nitrogens is 2. The molecular formula is C15H20FN5. The van der Waals surface area contributed by atoms with Gasteiger partial charge in [-0.15, -0.1) is 0 Å². The summed E-state index contributed by atoms with van der Waals surface area (Å²) in [6.45, 7) is 3.97. The van der Waals surface area contributed by atoms with Gasteiger partial charge in [-0.3, -0.25) is 0 Å². The number of halogens is 1. The maximum Gasteiger partial charge on any atom is 0.148 e. The molecule has 0 fully saturated rings. The summed E-state index contributed by atoms with van der Waals surface area (Å²) < 4.78 is 13.0. The first-order chi connectivity index (χ1) is 10.1. The summed E-state index contributed by atoms with van der Waals surface area (Å²) in [5.41, 5.74) is 4.31. The maximum absolute atomic E-state index is 13.0. The zero-order chi connectivity index (χ0) is 15.4. The van der Waals surface area contributed by atoms with E-state index in [0.717, 1.165) is 35.7 Å². The minimum Gasteiger partial charge on any atom is -0.329 e. The van der Waals surface area contributed by atoms with Crippen LogP contribution in [0.2, 0.25) is 0 Å². The van der Waals surface area contributed by atoms with Crippen molar-refractivity contribution < 1.29 is 4.39 Å². The first kappa shape index (κ1) is 15.2. The van der Waals surface area contributed by atoms with Gasteiger partial charge in [0.15, 0.2) is 0 Å². The SMILES string of the molecule is CCCc1nc(NN)c(C)c(N(C)c2ccc(F)cc2)n1. The quantitative estimate of drug-likeness (QED) is 0.654. The van der Waals surface area contributed by atoms with Crippen LogP contribution in [0.3, 0.4) is 0 Å². The Hall–Kier alpha value is -2.21. The van der Waals surface area contributed by atoms with Crippen LogP contribution in [0.25, 0.3) is 0 Å². The second-order valence-electron chi connectivity index (χ2n) is 4.87. The van der Waals surface area contributed by atoms with Crippen LogP contribution in [0.1, 0.15) is 24.7 Å². The van der Waals surface area contributed by atoms with Crippen LogP contribution < -0.4 is 16.2 Å². The van der Waals surface area contributed by atoms with Gasteiger partial charge in [0, 0.05) is 24.7 Å². The zero-order valence-electron chi connectivity index (χ0n) is 12.5. The molecule has 0 aliphatic carbocycles. The molecule has 0 saturated heterocycles. The number of nitrogens with two attached hydrogens (primary N) is 1. The van der Waals surface area contributed by atoms with E-state index in [4.69, 9.17) is 5.84 Å². The normalized spacial score (nSPS) is 10.5. The Morgan fingerprint density at radius 3 is 2.48 bits per heavy atom. The van der Waals surface area contributed by atoms with Gasteiger partial charge < -0.3 is 10.3 Å². The second-order valence-corrected chi connectivity index (χ2v) is 4.87. The van der Waals surface area contributed by atoms with Crippen molar-refractivity contribution in [3.05, 3.63) is 41.5 Å². The average Bonchev–Trinajstić information content (AvgIpc) is 2.49. The molecule has 0 unspecified atom stereocenters. The molecule has 5 nitrogen and oxygen atoms in total. The van der Waals surface area contributed by atoms with Crippen molar-refractivity contribution >= 4 is 17.3 Å². The van der Waals surface area contributed by atoms with Crippen LogP contribution in [-0.2, 0) is 6.42 Å². The third-order valence-corrected chi connectivity index (χ3v) is 3.31. The van der Waals surface area contributed by atoms with Crippen LogP contribution >= 0.6 is 0 Å². The van der Waals surface area contributed by atoms with Gasteiger partial charge in [-0.1, -0.05) is 6.92 Å². The number of aryl methyl sites for hydroxylation is 1. The monoisotopic (exact) mass is 289 g/mol. The highest BCUT2D eigenvalue weighted by Crippen LogP contribution is 2.28. The largest absolute Gasteiger partial charge is 0.329 e. The van der Waals surface area contributed by atoms with E-state index in [1.165, 1.54) is 12.1 Å². The summed E-state index contributed by atoms with van der Waals surface area (Å²) in [5, 5.41) is 0. The summed E-state index contributed by atoms with van der Waals surface area (Å²) in [6.07, 6.45) is 1.73. The minimum absolute atomic E-state index is 0.262. The number of benzene rings is 1. The number of nitrogens with one attached hydrogen (secondary N) is 1. The molecule has 1 aromatic heterocycles. The lowest BCUT2D eigenvalue weighted by Gasteiger charge is -2.22. The molecule has 1 aromatic carbocycles. The van der Waals surface area contributed by atoms with Gasteiger partial charge in [-0.25, -0.2) is 20.2 Å². The lowest BCUT2D eigenvalue weighted by atomic mass is 10.2. The van der Waals surface area contributed by atoms with Crippen molar-refractivity contribution in [2.75, 3.05) is 17.4 Å². The van der Waals surface area contributed by atoms with Gasteiger partial charge >= 0.3 is 0 Å². The summed E-state index contributed by atoms with van der Waals surface area (Å²) in [4.78, 5) is 10.9. The summed E-state index contributed by atoms with van der Waals surface area (Å²) in [6, 6.07) is 6.28. The fraction of sp³-hybridized carbons (Fsp3) is 0.333. The molecule has 0 aliphatic rings. The van der Waals surface area contributed by atoms with Gasteiger partial charge in [0.2, 0.25) is 0 Å². The Kier molecular flexibility index (Phi) is 4.70. The number of hydrazine groups is 1. The van der Waals surface area contributed by atoms with Crippen LogP contribution in [0.4, 0.5) is 21.7 Å². The molecule has 0 saturated carbocycles. The predicted molar refractivity (Wildman–Crippen MR) is 83.0 cm³/mol. The van der Waals surface area contributed by atoms with E-state index in [1.807, 2.05) is 18.9 Å². The van der Waals surface area contributed by atoms with Crippen molar-refractivity contribution in [2.45, 2.75) is 26.7 Å². The van der Waals surface area contributed by atoms with Crippen molar-refractivity contribution in [1.82, 2.24) is 9.97 Å². The third kappa shape index (κ3) is 3.28. The topological polar surface area (TPSA) is 67.1 Å². The predicted octanol–water partition coefficient (Wildman–Crippen LogP) is 2.93. The number of rotatable bonds is 5. The third-order valence-electron chi connectivity index (χ3n) is 3.31. The highest BCUT2D eigenvalue weighted by molar-refractivity contribution is 5.66. The van der Waals surface area contributed by atoms with E-state index in [0.29, 0.717) is 5.82 Å². The maximum atomic E-state index is 13.0. The Balaban J connectivity index is 2.45. The number of hydrogen-bond donors (Lipinski definition) is 2. The molecule has 2 rings (SSSR count). The first-order valence-electron chi connectivity index (χ1n) is 6.90. The molecule has 112 valence electrons. The standard InChI is InChI=1S/C15H20FN5/c1-4-5-13-18-14(20-17)10(2)15(19-13)21(3)12-8-6-11(16)7-9-12/h6-9H,4-5,17H2,1-3H3,(H,18,19,20). The average molecular weight is 289 g/mol. The van der Waals surface area contributed by atoms with Crippen LogP contribution in [0.5, 0.6) is 0 Å². The summed E-state index contributed by atoms with van der Waals surface area (Å²) in [5.74, 6) is 7.38. The van der Waals surface area contributed by atoms with E-state index >= 15 is 0 Å². The molecule has 0 aliphatic heterocycles. The van der Waals surface area contributed by atoms with Gasteiger partial charge in [-0.05, 0) is 37.6 Å². The molecule has 21 heavy (non-hydrogen) atoms. The van der Waals surface area contributed by atoms with Crippen molar-refractivity contribution in [3.8, 4) is 0 Å². The number of anilines is 3. The zero-order valence-corrected chi connectivity index (χ0v) is 12.5. The lowest BCUT2D eigenvalue weighted by Crippen LogP contribution is -2.18. The molecule has 0 radical (unpaired) electrons. The summed E-state index contributed by atoms with van der Waals surface area (Å²) in [7, 11) is 1.89. The fourth-order valence-electron chi connectivity index (χ4n) is 2.14. The van der Waals surface area contributed by atoms with Crippen molar-refractivity contribution in [3.63, 3.8) is 0 Å². The van der Waals surface area contributed by atoms with E-state index in [2.05, 4.69) is 22.3 Å². The van der Waals surface area contributed by atoms with Gasteiger partial charge in [0.05, 0.1) is 0 Å². The van der Waals surface area contributed by atoms with E-state index < -0.39 is 0 Å². The Morgan fingerprint density at radius 1 is 1.24 bits per heavy atom. The molecule has 1 heterocycles. The molecule has 0 amide bonds. The van der Waals surface area contributed by atoms with Crippen molar-refractivity contribution in [2.24, 2.45) is 5.84 Å². The number of hydrogen-bond acceptors (Lipinski definition) is 5. The molecule has 3 N–H and O–H groups in total. The number of nitrogens with zero attached hydrogens (tertiary/aromatic N) is 3. The first-order valence-corrected chi connectivity index (χ1v) is 6.90. The molecular weight excluding hydrogens is 269 g/mol. The highest BCUT2D eigenvalue weighted by Gasteiger charge is 2.15. The van der Waals surface area contributed by atoms with Crippen LogP contribution in [-0.4, -0.2) is 17.0 Å². The molecule has 2 aromatic rings.